The van der Waals surface area contributed by atoms with Crippen molar-refractivity contribution in [2.45, 2.75) is 95.5 Å². The van der Waals surface area contributed by atoms with E-state index in [9.17, 15) is 29.7 Å². The van der Waals surface area contributed by atoms with Crippen LogP contribution < -0.4 is 16.0 Å². The summed E-state index contributed by atoms with van der Waals surface area (Å²) in [5.74, 6) is -0.508. The number of fused-ring (bicyclic) bond motifs is 18. The topological polar surface area (TPSA) is 339 Å². The Morgan fingerprint density at radius 2 is 1.01 bits per heavy atom. The Balaban J connectivity index is 0.744. The number of aliphatic hydroxyl groups excluding tert-OH is 3. The number of carbonyl (C=O) groups excluding carboxylic acids is 3. The molecule has 1 saturated heterocycles. The zero-order valence-corrected chi connectivity index (χ0v) is 55.9. The molecule has 1 aromatic carbocycles. The Hall–Kier alpha value is -8.97. The number of alkyl carbamates (subject to hydrolysis) is 1. The molecule has 0 unspecified atom stereocenters. The van der Waals surface area contributed by atoms with Gasteiger partial charge < -0.3 is 73.9 Å². The second kappa shape index (κ2) is 37.3. The van der Waals surface area contributed by atoms with Crippen molar-refractivity contribution in [3.63, 3.8) is 0 Å². The lowest BCUT2D eigenvalue weighted by Crippen LogP contribution is -2.49. The quantitative estimate of drug-likeness (QED) is 0.0206. The molecule has 27 heteroatoms. The highest BCUT2D eigenvalue weighted by atomic mass is 16.7. The number of benzene rings is 1. The summed E-state index contributed by atoms with van der Waals surface area (Å²) >= 11 is 0. The molecule has 0 radical (unpaired) electrons. The van der Waals surface area contributed by atoms with Crippen LogP contribution in [0.1, 0.15) is 64.5 Å². The van der Waals surface area contributed by atoms with Gasteiger partial charge in [-0.05, 0) is 137 Å². The standard InChI is InChI=1S/C72H86N12O15/c1-72(2,3)99-71(90)74-29-32-92-34-36-94-38-40-96-42-41-95-39-37-93-35-33-91-30-27-68(88)73-28-5-4-21-64(69(89)75-50-24-22-48(23-25-50)26-31-97-70-66(87)45-65(86)67(47-85)98-70)84-46-63(82-83-84)49-43-61-59-19-9-17-57(79-59)55-15-7-13-53(77-55)51-11-6-12-52(76-51)54-14-8-16-56(78-54)58-18-10-20-60(80-58)62(44-49)81-61/h6-20,22-25,43-44,46,64-67,70,85-87H,4-5,21,26-42,45,47H2,1-3H3,(H,73,88)(H,74,90)(H,75,89)/t64-,65-,66+,67+,70+/m0/s1. The predicted molar refractivity (Wildman–Crippen MR) is 370 cm³/mol. The first-order valence-electron chi connectivity index (χ1n) is 33.4. The van der Waals surface area contributed by atoms with Gasteiger partial charge in [-0.1, -0.05) is 47.7 Å². The van der Waals surface area contributed by atoms with E-state index in [1.165, 1.54) is 0 Å². The summed E-state index contributed by atoms with van der Waals surface area (Å²) in [6.45, 7) is 10.4. The monoisotopic (exact) mass is 1360 g/mol. The number of anilines is 1. The summed E-state index contributed by atoms with van der Waals surface area (Å²) in [4.78, 5) is 69.5. The lowest BCUT2D eigenvalue weighted by molar-refractivity contribution is -0.269. The van der Waals surface area contributed by atoms with Crippen molar-refractivity contribution in [3.8, 4) is 11.3 Å². The highest BCUT2D eigenvalue weighted by Gasteiger charge is 2.36. The van der Waals surface area contributed by atoms with Crippen LogP contribution in [0.4, 0.5) is 10.5 Å². The highest BCUT2D eigenvalue weighted by Crippen LogP contribution is 2.28. The molecule has 5 atom stereocenters. The number of hydrogen-bond acceptors (Lipinski definition) is 23. The van der Waals surface area contributed by atoms with E-state index < -0.39 is 48.9 Å². The van der Waals surface area contributed by atoms with Gasteiger partial charge in [0.15, 0.2) is 6.29 Å². The normalized spacial score (nSPS) is 15.9. The Bertz CT molecular complexity index is 4080. The number of unbranched alkanes of at least 4 members (excludes halogenated alkanes) is 1. The predicted octanol–water partition coefficient (Wildman–Crippen LogP) is 7.79. The number of amides is 3. The maximum Gasteiger partial charge on any atom is 0.407 e. The molecule has 524 valence electrons. The Morgan fingerprint density at radius 3 is 1.48 bits per heavy atom. The lowest BCUT2D eigenvalue weighted by Gasteiger charge is -2.36. The third-order valence-electron chi connectivity index (χ3n) is 15.7. The molecule has 27 nitrogen and oxygen atoms in total. The van der Waals surface area contributed by atoms with Gasteiger partial charge in [0, 0.05) is 37.2 Å². The molecule has 0 aliphatic carbocycles. The SMILES string of the molecule is CC(C)(C)OC(=O)NCCOCCOCCOCCOCCOCCOCCC(=O)NCCCC[C@@H](C(=O)Nc1ccc(CCO[C@@H]2O[C@H](CO)[C@@H](O)C[C@H]2O)cc1)n1cc(-c2cc3nc(c2)c2cccc(n2)c2cccc(n2)c2cccc(n2)c2cccc(n2)c2cccc3n2)nn1. The van der Waals surface area contributed by atoms with Crippen molar-refractivity contribution >= 4 is 89.8 Å². The zero-order valence-electron chi connectivity index (χ0n) is 55.9. The van der Waals surface area contributed by atoms with Gasteiger partial charge in [0.05, 0.1) is 171 Å². The molecule has 1 aliphatic rings. The largest absolute Gasteiger partial charge is 0.444 e. The fourth-order valence-corrected chi connectivity index (χ4v) is 10.6. The maximum absolute atomic E-state index is 14.6. The number of carbonyl (C=O) groups is 3. The summed E-state index contributed by atoms with van der Waals surface area (Å²) in [6, 6.07) is 38.9. The van der Waals surface area contributed by atoms with Crippen LogP contribution in [0, 0.1) is 0 Å². The smallest absolute Gasteiger partial charge is 0.407 e. The second-order valence-corrected chi connectivity index (χ2v) is 24.4. The molecule has 12 bridgehead atoms. The van der Waals surface area contributed by atoms with Crippen LogP contribution in [0.15, 0.2) is 134 Å². The molecular weight excluding hydrogens is 1270 g/mol. The molecule has 6 N–H and O–H groups in total. The van der Waals surface area contributed by atoms with Gasteiger partial charge in [0.25, 0.3) is 0 Å². The van der Waals surface area contributed by atoms with Crippen LogP contribution in [0.25, 0.3) is 77.5 Å². The summed E-state index contributed by atoms with van der Waals surface area (Å²) in [5, 5.41) is 48.1. The minimum absolute atomic E-state index is 0.0217. The lowest BCUT2D eigenvalue weighted by atomic mass is 10.0. The molecule has 99 heavy (non-hydrogen) atoms. The van der Waals surface area contributed by atoms with E-state index in [1.807, 2.05) is 115 Å². The maximum atomic E-state index is 14.6. The molecule has 8 aromatic heterocycles. The van der Waals surface area contributed by atoms with Gasteiger partial charge in [-0.2, -0.15) is 0 Å². The van der Waals surface area contributed by atoms with E-state index in [4.69, 9.17) is 72.5 Å². The molecular formula is C72H86N12O15. The first kappa shape index (κ1) is 72.8. The first-order valence-corrected chi connectivity index (χ1v) is 33.4. The van der Waals surface area contributed by atoms with E-state index in [0.29, 0.717) is 195 Å². The number of pyridine rings is 6. The van der Waals surface area contributed by atoms with Gasteiger partial charge in [-0.25, -0.2) is 39.4 Å². The van der Waals surface area contributed by atoms with E-state index in [2.05, 4.69) is 26.3 Å². The van der Waals surface area contributed by atoms with Gasteiger partial charge in [-0.15, -0.1) is 5.10 Å². The number of rotatable bonds is 35. The molecule has 10 rings (SSSR count). The first-order chi connectivity index (χ1) is 48.2. The van der Waals surface area contributed by atoms with Gasteiger partial charge in [0.2, 0.25) is 11.8 Å². The van der Waals surface area contributed by atoms with Crippen molar-refractivity contribution in [1.29, 1.82) is 0 Å². The summed E-state index contributed by atoms with van der Waals surface area (Å²) in [6.07, 6.45) is -0.561. The van der Waals surface area contributed by atoms with Crippen LogP contribution in [0.5, 0.6) is 0 Å². The van der Waals surface area contributed by atoms with Crippen molar-refractivity contribution in [2.24, 2.45) is 0 Å². The van der Waals surface area contributed by atoms with Crippen molar-refractivity contribution in [3.05, 3.63) is 139 Å². The number of hydrogen-bond donors (Lipinski definition) is 6. The zero-order chi connectivity index (χ0) is 69.2. The van der Waals surface area contributed by atoms with Gasteiger partial charge in [0.1, 0.15) is 29.5 Å². The fourth-order valence-electron chi connectivity index (χ4n) is 10.6. The summed E-state index contributed by atoms with van der Waals surface area (Å²) in [5.41, 5.74) is 9.40. The van der Waals surface area contributed by atoms with E-state index in [1.54, 1.807) is 43.8 Å². The molecule has 0 saturated carbocycles. The number of aliphatic hydroxyl groups is 3. The van der Waals surface area contributed by atoms with Crippen LogP contribution >= 0.6 is 0 Å². The molecule has 3 amide bonds. The third kappa shape index (κ3) is 22.5. The molecule has 1 fully saturated rings. The Kier molecular flexibility index (Phi) is 27.4. The summed E-state index contributed by atoms with van der Waals surface area (Å²) < 4.78 is 51.4. The fraction of sp³-hybridized carbons (Fsp3) is 0.431. The van der Waals surface area contributed by atoms with Gasteiger partial charge in [-0.3, -0.25) is 9.59 Å². The van der Waals surface area contributed by atoms with E-state index >= 15 is 0 Å². The van der Waals surface area contributed by atoms with Crippen LogP contribution in [0.3, 0.4) is 0 Å². The third-order valence-corrected chi connectivity index (χ3v) is 15.7. The Morgan fingerprint density at radius 1 is 0.556 bits per heavy atom. The molecule has 0 spiro atoms. The van der Waals surface area contributed by atoms with Crippen molar-refractivity contribution < 1.29 is 72.3 Å². The van der Waals surface area contributed by atoms with E-state index in [-0.39, 0.29) is 37.9 Å². The Labute approximate surface area is 572 Å². The minimum atomic E-state index is -1.05. The average molecular weight is 1360 g/mol. The number of nitrogens with one attached hydrogen (secondary N) is 3. The minimum Gasteiger partial charge on any atom is -0.444 e. The number of nitrogens with zero attached hydrogens (tertiary/aromatic N) is 9. The molecule has 9 heterocycles. The van der Waals surface area contributed by atoms with Crippen molar-refractivity contribution in [2.75, 3.05) is 111 Å². The van der Waals surface area contributed by atoms with Gasteiger partial charge >= 0.3 is 6.09 Å². The average Bonchev–Trinajstić information content (AvgIpc) is 1.17. The van der Waals surface area contributed by atoms with E-state index in [0.717, 1.165) is 5.56 Å². The number of aromatic nitrogens is 9. The highest BCUT2D eigenvalue weighted by molar-refractivity contribution is 5.94. The van der Waals surface area contributed by atoms with Crippen LogP contribution in [0.2, 0.25) is 0 Å². The van der Waals surface area contributed by atoms with Crippen LogP contribution in [-0.2, 0) is 58.6 Å². The number of ether oxygens (including phenoxy) is 9. The molecule has 9 aromatic rings. The van der Waals surface area contributed by atoms with Crippen molar-refractivity contribution in [1.82, 2.24) is 55.5 Å². The molecule has 1 aliphatic heterocycles. The second-order valence-electron chi connectivity index (χ2n) is 24.4. The summed E-state index contributed by atoms with van der Waals surface area (Å²) in [7, 11) is 0. The van der Waals surface area contributed by atoms with Crippen LogP contribution in [-0.4, -0.2) is 214 Å².